The zero-order valence-corrected chi connectivity index (χ0v) is 9.22. The van der Waals surface area contributed by atoms with Gasteiger partial charge in [0.15, 0.2) is 0 Å². The van der Waals surface area contributed by atoms with Crippen molar-refractivity contribution in [2.24, 2.45) is 0 Å². The highest BCUT2D eigenvalue weighted by Gasteiger charge is 2.35. The van der Waals surface area contributed by atoms with Gasteiger partial charge < -0.3 is 10.2 Å². The minimum absolute atomic E-state index is 0.353. The summed E-state index contributed by atoms with van der Waals surface area (Å²) in [6.45, 7) is 1.69. The van der Waals surface area contributed by atoms with E-state index < -0.39 is 11.7 Å². The molecule has 3 rings (SSSR count). The quantitative estimate of drug-likeness (QED) is 0.752. The molecule has 5 heteroatoms. The molecule has 2 heterocycles. The summed E-state index contributed by atoms with van der Waals surface area (Å²) >= 11 is 0. The Morgan fingerprint density at radius 3 is 2.88 bits per heavy atom. The summed E-state index contributed by atoms with van der Waals surface area (Å²) in [5.41, 5.74) is 0.954. The predicted octanol–water partition coefficient (Wildman–Crippen LogP) is 3.10. The summed E-state index contributed by atoms with van der Waals surface area (Å²) in [4.78, 5) is 2.10. The second-order valence-corrected chi connectivity index (χ2v) is 4.60. The van der Waals surface area contributed by atoms with Crippen molar-refractivity contribution in [2.75, 3.05) is 23.3 Å². The number of hydrogen-bond donors (Lipinski definition) is 1. The topological polar surface area (TPSA) is 15.3 Å². The Hall–Kier alpha value is -1.39. The van der Waals surface area contributed by atoms with E-state index in [4.69, 9.17) is 0 Å². The van der Waals surface area contributed by atoms with Crippen molar-refractivity contribution in [2.45, 2.75) is 25.1 Å². The van der Waals surface area contributed by atoms with Gasteiger partial charge in [-0.3, -0.25) is 0 Å². The Bertz CT molecular complexity index is 442. The highest BCUT2D eigenvalue weighted by Crippen LogP contribution is 2.40. The van der Waals surface area contributed by atoms with Crippen LogP contribution in [0.5, 0.6) is 0 Å². The van der Waals surface area contributed by atoms with Crippen LogP contribution in [0.4, 0.5) is 24.5 Å². The molecular formula is C12H13F3N2. The van der Waals surface area contributed by atoms with Crippen molar-refractivity contribution >= 4 is 11.4 Å². The van der Waals surface area contributed by atoms with Gasteiger partial charge in [0.1, 0.15) is 0 Å². The molecule has 1 fully saturated rings. The standard InChI is InChI=1S/C12H13F3N2/c13-12(14,15)8-3-4-10-11(6-8)17-5-1-2-9(17)7-16-10/h3-4,6,9,16H,1-2,5,7H2/t9-/m0/s1. The van der Waals surface area contributed by atoms with E-state index in [1.54, 1.807) is 0 Å². The number of halogens is 3. The summed E-state index contributed by atoms with van der Waals surface area (Å²) < 4.78 is 38.0. The van der Waals surface area contributed by atoms with Crippen LogP contribution in [-0.4, -0.2) is 19.1 Å². The third kappa shape index (κ3) is 1.73. The van der Waals surface area contributed by atoms with Gasteiger partial charge in [0.05, 0.1) is 16.9 Å². The summed E-state index contributed by atoms with van der Waals surface area (Å²) in [5.74, 6) is 0. The smallest absolute Gasteiger partial charge is 0.381 e. The number of hydrogen-bond acceptors (Lipinski definition) is 2. The number of fused-ring (bicyclic) bond motifs is 3. The molecule has 0 radical (unpaired) electrons. The molecule has 0 saturated carbocycles. The first-order valence-electron chi connectivity index (χ1n) is 5.77. The average molecular weight is 242 g/mol. The lowest BCUT2D eigenvalue weighted by atomic mass is 10.1. The first kappa shape index (κ1) is 10.7. The number of rotatable bonds is 0. The zero-order chi connectivity index (χ0) is 12.0. The number of nitrogens with zero attached hydrogens (tertiary/aromatic N) is 1. The molecule has 1 saturated heterocycles. The van der Waals surface area contributed by atoms with Crippen molar-refractivity contribution in [3.05, 3.63) is 23.8 Å². The lowest BCUT2D eigenvalue weighted by Crippen LogP contribution is -2.39. The Kier molecular flexibility index (Phi) is 2.24. The van der Waals surface area contributed by atoms with Crippen LogP contribution in [0.1, 0.15) is 18.4 Å². The molecule has 2 aliphatic heterocycles. The molecule has 0 aromatic heterocycles. The van der Waals surface area contributed by atoms with Crippen LogP contribution in [0.2, 0.25) is 0 Å². The maximum atomic E-state index is 12.7. The van der Waals surface area contributed by atoms with Gasteiger partial charge in [0, 0.05) is 19.1 Å². The molecule has 0 aliphatic carbocycles. The largest absolute Gasteiger partial charge is 0.416 e. The van der Waals surface area contributed by atoms with Crippen LogP contribution < -0.4 is 10.2 Å². The van der Waals surface area contributed by atoms with Gasteiger partial charge in [-0.05, 0) is 31.0 Å². The van der Waals surface area contributed by atoms with E-state index in [0.717, 1.165) is 37.7 Å². The minimum atomic E-state index is -4.26. The van der Waals surface area contributed by atoms with Gasteiger partial charge in [-0.25, -0.2) is 0 Å². The van der Waals surface area contributed by atoms with Crippen molar-refractivity contribution in [1.82, 2.24) is 0 Å². The fourth-order valence-corrected chi connectivity index (χ4v) is 2.69. The highest BCUT2D eigenvalue weighted by atomic mass is 19.4. The normalized spacial score (nSPS) is 23.0. The van der Waals surface area contributed by atoms with Crippen LogP contribution in [0.3, 0.4) is 0 Å². The number of nitrogens with one attached hydrogen (secondary N) is 1. The SMILES string of the molecule is FC(F)(F)c1ccc2c(c1)N1CCC[C@H]1CN2. The number of alkyl halides is 3. The van der Waals surface area contributed by atoms with Crippen LogP contribution in [0.25, 0.3) is 0 Å². The van der Waals surface area contributed by atoms with Gasteiger partial charge in [0.2, 0.25) is 0 Å². The first-order valence-corrected chi connectivity index (χ1v) is 5.77. The second-order valence-electron chi connectivity index (χ2n) is 4.60. The molecule has 0 bridgehead atoms. The molecular weight excluding hydrogens is 229 g/mol. The molecule has 0 amide bonds. The maximum absolute atomic E-state index is 12.7. The molecule has 0 unspecified atom stereocenters. The zero-order valence-electron chi connectivity index (χ0n) is 9.22. The van der Waals surface area contributed by atoms with E-state index in [-0.39, 0.29) is 0 Å². The Morgan fingerprint density at radius 2 is 2.12 bits per heavy atom. The van der Waals surface area contributed by atoms with Gasteiger partial charge in [0.25, 0.3) is 0 Å². The van der Waals surface area contributed by atoms with Gasteiger partial charge in [-0.15, -0.1) is 0 Å². The molecule has 2 nitrogen and oxygen atoms in total. The summed E-state index contributed by atoms with van der Waals surface area (Å²) in [7, 11) is 0. The molecule has 0 spiro atoms. The van der Waals surface area contributed by atoms with Gasteiger partial charge >= 0.3 is 6.18 Å². The number of anilines is 2. The van der Waals surface area contributed by atoms with E-state index in [0.29, 0.717) is 11.7 Å². The molecule has 1 atom stereocenters. The third-order valence-electron chi connectivity index (χ3n) is 3.54. The predicted molar refractivity (Wildman–Crippen MR) is 60.3 cm³/mol. The van der Waals surface area contributed by atoms with Crippen LogP contribution in [0.15, 0.2) is 18.2 Å². The van der Waals surface area contributed by atoms with E-state index >= 15 is 0 Å². The second kappa shape index (κ2) is 3.55. The van der Waals surface area contributed by atoms with E-state index in [9.17, 15) is 13.2 Å². The molecule has 1 aromatic carbocycles. The van der Waals surface area contributed by atoms with Gasteiger partial charge in [-0.2, -0.15) is 13.2 Å². The maximum Gasteiger partial charge on any atom is 0.416 e. The number of benzene rings is 1. The van der Waals surface area contributed by atoms with Crippen molar-refractivity contribution in [3.8, 4) is 0 Å². The van der Waals surface area contributed by atoms with Crippen LogP contribution in [0, 0.1) is 0 Å². The lowest BCUT2D eigenvalue weighted by Gasteiger charge is -2.34. The lowest BCUT2D eigenvalue weighted by molar-refractivity contribution is -0.137. The van der Waals surface area contributed by atoms with E-state index in [1.165, 1.54) is 12.1 Å². The van der Waals surface area contributed by atoms with Crippen LogP contribution in [-0.2, 0) is 6.18 Å². The molecule has 92 valence electrons. The third-order valence-corrected chi connectivity index (χ3v) is 3.54. The molecule has 1 N–H and O–H groups in total. The Labute approximate surface area is 97.4 Å². The average Bonchev–Trinajstić information content (AvgIpc) is 2.75. The van der Waals surface area contributed by atoms with Crippen molar-refractivity contribution < 1.29 is 13.2 Å². The monoisotopic (exact) mass is 242 g/mol. The molecule has 2 aliphatic rings. The summed E-state index contributed by atoms with van der Waals surface area (Å²) in [5, 5.41) is 3.20. The van der Waals surface area contributed by atoms with Crippen molar-refractivity contribution in [1.29, 1.82) is 0 Å². The first-order chi connectivity index (χ1) is 8.05. The molecule has 1 aromatic rings. The fraction of sp³-hybridized carbons (Fsp3) is 0.500. The summed E-state index contributed by atoms with van der Waals surface area (Å²) in [6, 6.07) is 4.29. The van der Waals surface area contributed by atoms with E-state index in [1.807, 2.05) is 0 Å². The Morgan fingerprint density at radius 1 is 1.29 bits per heavy atom. The van der Waals surface area contributed by atoms with E-state index in [2.05, 4.69) is 10.2 Å². The van der Waals surface area contributed by atoms with Gasteiger partial charge in [-0.1, -0.05) is 0 Å². The highest BCUT2D eigenvalue weighted by molar-refractivity contribution is 5.74. The summed E-state index contributed by atoms with van der Waals surface area (Å²) in [6.07, 6.45) is -2.15. The Balaban J connectivity index is 2.04. The minimum Gasteiger partial charge on any atom is -0.381 e. The molecule has 17 heavy (non-hydrogen) atoms. The van der Waals surface area contributed by atoms with Crippen LogP contribution >= 0.6 is 0 Å². The van der Waals surface area contributed by atoms with Crippen molar-refractivity contribution in [3.63, 3.8) is 0 Å². The fourth-order valence-electron chi connectivity index (χ4n) is 2.69.